The number of aromatic nitrogens is 1. The van der Waals surface area contributed by atoms with E-state index in [-0.39, 0.29) is 5.82 Å². The van der Waals surface area contributed by atoms with Crippen LogP contribution >= 0.6 is 0 Å². The molecule has 0 radical (unpaired) electrons. The Labute approximate surface area is 174 Å². The molecule has 0 unspecified atom stereocenters. The van der Waals surface area contributed by atoms with Crippen LogP contribution in [0.15, 0.2) is 70.1 Å². The Morgan fingerprint density at radius 2 is 1.93 bits per heavy atom. The third-order valence-corrected chi connectivity index (χ3v) is 4.99. The minimum atomic E-state index is -0.262. The van der Waals surface area contributed by atoms with Gasteiger partial charge in [-0.2, -0.15) is 0 Å². The van der Waals surface area contributed by atoms with Crippen molar-refractivity contribution in [1.29, 1.82) is 0 Å². The Morgan fingerprint density at radius 1 is 1.13 bits per heavy atom. The molecule has 7 nitrogen and oxygen atoms in total. The molecule has 1 aliphatic heterocycles. The number of hydrogen-bond acceptors (Lipinski definition) is 5. The van der Waals surface area contributed by atoms with E-state index in [1.165, 1.54) is 12.1 Å². The number of nitrogens with two attached hydrogens (primary N) is 1. The minimum Gasteiger partial charge on any atom is -0.384 e. The Hall–Kier alpha value is -3.52. The molecule has 30 heavy (non-hydrogen) atoms. The van der Waals surface area contributed by atoms with Crippen LogP contribution in [0.25, 0.3) is 11.1 Å². The maximum atomic E-state index is 13.3. The average Bonchev–Trinajstić information content (AvgIpc) is 3.07. The molecule has 0 saturated heterocycles. The summed E-state index contributed by atoms with van der Waals surface area (Å²) in [6.07, 6.45) is 2.02. The van der Waals surface area contributed by atoms with Gasteiger partial charge in [-0.1, -0.05) is 17.4 Å². The van der Waals surface area contributed by atoms with E-state index in [1.807, 2.05) is 38.5 Å². The van der Waals surface area contributed by atoms with Crippen LogP contribution in [0.2, 0.25) is 0 Å². The van der Waals surface area contributed by atoms with Gasteiger partial charge in [0.05, 0.1) is 11.4 Å². The van der Waals surface area contributed by atoms with Crippen molar-refractivity contribution in [2.75, 3.05) is 32.5 Å². The fourth-order valence-corrected chi connectivity index (χ4v) is 3.47. The first-order valence-corrected chi connectivity index (χ1v) is 9.71. The molecule has 0 spiro atoms. The third-order valence-electron chi connectivity index (χ3n) is 4.99. The number of likely N-dealkylation sites (N-methyl/N-ethyl adjacent to an activating group) is 1. The van der Waals surface area contributed by atoms with E-state index in [1.54, 1.807) is 12.1 Å². The molecule has 3 N–H and O–H groups in total. The lowest BCUT2D eigenvalue weighted by atomic mass is 10.1. The molecular formula is C22H24FN7. The van der Waals surface area contributed by atoms with Gasteiger partial charge in [0, 0.05) is 37.1 Å². The SMILES string of the molecule is CN(C)CCNc1ccc2c(c1)Cn1cc(-c3ccc(F)cc3)cc1C(N=NN)=N2. The Balaban J connectivity index is 1.70. The molecule has 3 aromatic rings. The molecule has 0 aliphatic carbocycles. The van der Waals surface area contributed by atoms with Crippen LogP contribution in [0.4, 0.5) is 15.8 Å². The largest absolute Gasteiger partial charge is 0.384 e. The molecule has 0 amide bonds. The molecule has 0 bridgehead atoms. The van der Waals surface area contributed by atoms with Crippen LogP contribution in [-0.4, -0.2) is 42.5 Å². The van der Waals surface area contributed by atoms with Gasteiger partial charge < -0.3 is 20.6 Å². The van der Waals surface area contributed by atoms with Gasteiger partial charge in [-0.3, -0.25) is 0 Å². The summed E-state index contributed by atoms with van der Waals surface area (Å²) in [5, 5.41) is 10.9. The molecule has 4 rings (SSSR count). The highest BCUT2D eigenvalue weighted by Crippen LogP contribution is 2.31. The molecule has 2 aromatic carbocycles. The smallest absolute Gasteiger partial charge is 0.200 e. The summed E-state index contributed by atoms with van der Waals surface area (Å²) in [6.45, 7) is 2.42. The standard InChI is InChI=1S/C22H24FN7/c1-29(2)10-9-25-19-7-8-20-17(11-19)14-30-13-16(15-3-5-18(23)6-4-15)12-21(30)22(26-20)27-28-24/h3-8,11-13,25H,9-10,14H2,1-2H3,(H2,24,26,27). The highest BCUT2D eigenvalue weighted by Gasteiger charge is 2.19. The summed E-state index contributed by atoms with van der Waals surface area (Å²) in [5.41, 5.74) is 5.62. The van der Waals surface area contributed by atoms with Crippen LogP contribution in [0.5, 0.6) is 0 Å². The molecule has 1 aliphatic rings. The monoisotopic (exact) mass is 405 g/mol. The van der Waals surface area contributed by atoms with Crippen LogP contribution in [0.3, 0.4) is 0 Å². The Morgan fingerprint density at radius 3 is 2.67 bits per heavy atom. The van der Waals surface area contributed by atoms with E-state index in [4.69, 9.17) is 10.8 Å². The van der Waals surface area contributed by atoms with Crippen molar-refractivity contribution in [1.82, 2.24) is 9.47 Å². The van der Waals surface area contributed by atoms with Gasteiger partial charge in [0.1, 0.15) is 5.82 Å². The summed E-state index contributed by atoms with van der Waals surface area (Å²) in [5.74, 6) is 5.52. The lowest BCUT2D eigenvalue weighted by Crippen LogP contribution is -2.20. The zero-order chi connectivity index (χ0) is 21.1. The summed E-state index contributed by atoms with van der Waals surface area (Å²) in [6, 6.07) is 14.5. The second-order valence-corrected chi connectivity index (χ2v) is 7.47. The average molecular weight is 405 g/mol. The molecule has 1 aromatic heterocycles. The fourth-order valence-electron chi connectivity index (χ4n) is 3.47. The van der Waals surface area contributed by atoms with Crippen molar-refractivity contribution < 1.29 is 4.39 Å². The van der Waals surface area contributed by atoms with Crippen molar-refractivity contribution in [2.24, 2.45) is 21.2 Å². The van der Waals surface area contributed by atoms with E-state index in [2.05, 4.69) is 31.2 Å². The highest BCUT2D eigenvalue weighted by molar-refractivity contribution is 6.01. The first kappa shape index (κ1) is 19.8. The maximum absolute atomic E-state index is 13.3. The number of hydrogen-bond donors (Lipinski definition) is 2. The number of nitrogens with zero attached hydrogens (tertiary/aromatic N) is 5. The number of benzene rings is 2. The molecule has 0 atom stereocenters. The fraction of sp³-hybridized carbons (Fsp3) is 0.227. The van der Waals surface area contributed by atoms with Crippen LogP contribution in [0.1, 0.15) is 11.3 Å². The Bertz CT molecular complexity index is 1100. The van der Waals surface area contributed by atoms with Crippen molar-refractivity contribution in [3.8, 4) is 11.1 Å². The highest BCUT2D eigenvalue weighted by atomic mass is 19.1. The van der Waals surface area contributed by atoms with E-state index in [0.717, 1.165) is 46.8 Å². The van der Waals surface area contributed by atoms with Gasteiger partial charge >= 0.3 is 0 Å². The van der Waals surface area contributed by atoms with Crippen LogP contribution in [0, 0.1) is 5.82 Å². The molecule has 2 heterocycles. The number of anilines is 1. The van der Waals surface area contributed by atoms with E-state index in [9.17, 15) is 4.39 Å². The number of fused-ring (bicyclic) bond motifs is 2. The third kappa shape index (κ3) is 4.23. The summed E-state index contributed by atoms with van der Waals surface area (Å²) in [4.78, 5) is 6.83. The molecule has 8 heteroatoms. The van der Waals surface area contributed by atoms with Gasteiger partial charge in [0.25, 0.3) is 0 Å². The van der Waals surface area contributed by atoms with Crippen molar-refractivity contribution in [3.63, 3.8) is 0 Å². The number of nitrogens with one attached hydrogen (secondary N) is 1. The van der Waals surface area contributed by atoms with Gasteiger partial charge in [-0.05, 0) is 61.6 Å². The topological polar surface area (TPSA) is 83.3 Å². The second-order valence-electron chi connectivity index (χ2n) is 7.47. The summed E-state index contributed by atoms with van der Waals surface area (Å²) < 4.78 is 15.4. The van der Waals surface area contributed by atoms with Gasteiger partial charge in [-0.15, -0.1) is 5.11 Å². The zero-order valence-corrected chi connectivity index (χ0v) is 17.0. The molecule has 0 saturated carbocycles. The first-order valence-electron chi connectivity index (χ1n) is 9.71. The lowest BCUT2D eigenvalue weighted by molar-refractivity contribution is 0.425. The van der Waals surface area contributed by atoms with E-state index < -0.39 is 0 Å². The van der Waals surface area contributed by atoms with E-state index >= 15 is 0 Å². The Kier molecular flexibility index (Phi) is 5.58. The number of halogens is 1. The molecule has 154 valence electrons. The normalized spacial score (nSPS) is 13.1. The number of aliphatic imine (C=N–C) groups is 1. The van der Waals surface area contributed by atoms with Crippen molar-refractivity contribution in [3.05, 3.63) is 71.8 Å². The van der Waals surface area contributed by atoms with Gasteiger partial charge in [0.15, 0.2) is 0 Å². The minimum absolute atomic E-state index is 0.262. The van der Waals surface area contributed by atoms with Gasteiger partial charge in [0.2, 0.25) is 5.84 Å². The van der Waals surface area contributed by atoms with Crippen molar-refractivity contribution in [2.45, 2.75) is 6.54 Å². The van der Waals surface area contributed by atoms with Crippen LogP contribution < -0.4 is 11.2 Å². The van der Waals surface area contributed by atoms with E-state index in [0.29, 0.717) is 12.4 Å². The van der Waals surface area contributed by atoms with Gasteiger partial charge in [-0.25, -0.2) is 9.38 Å². The van der Waals surface area contributed by atoms with Crippen LogP contribution in [-0.2, 0) is 6.54 Å². The maximum Gasteiger partial charge on any atom is 0.200 e. The zero-order valence-electron chi connectivity index (χ0n) is 17.0. The molecule has 0 fully saturated rings. The lowest BCUT2D eigenvalue weighted by Gasteiger charge is -2.13. The quantitative estimate of drug-likeness (QED) is 0.382. The van der Waals surface area contributed by atoms with Crippen molar-refractivity contribution >= 4 is 17.2 Å². The predicted molar refractivity (Wildman–Crippen MR) is 118 cm³/mol. The number of rotatable bonds is 5. The summed E-state index contributed by atoms with van der Waals surface area (Å²) >= 11 is 0. The second kappa shape index (κ2) is 8.46. The number of amidine groups is 1. The summed E-state index contributed by atoms with van der Waals surface area (Å²) in [7, 11) is 4.10. The molecular weight excluding hydrogens is 381 g/mol. The predicted octanol–water partition coefficient (Wildman–Crippen LogP) is 4.03. The first-order chi connectivity index (χ1) is 14.5.